The van der Waals surface area contributed by atoms with Crippen LogP contribution >= 0.6 is 11.3 Å². The molecule has 6 heteroatoms. The minimum absolute atomic E-state index is 0.00311. The summed E-state index contributed by atoms with van der Waals surface area (Å²) in [5, 5.41) is 10.9. The number of nitrogens with zero attached hydrogens (tertiary/aromatic N) is 2. The van der Waals surface area contributed by atoms with E-state index in [0.717, 1.165) is 12.8 Å². The van der Waals surface area contributed by atoms with Gasteiger partial charge in [0.1, 0.15) is 0 Å². The Morgan fingerprint density at radius 3 is 2.59 bits per heavy atom. The van der Waals surface area contributed by atoms with E-state index in [0.29, 0.717) is 16.7 Å². The van der Waals surface area contributed by atoms with Crippen molar-refractivity contribution in [2.45, 2.75) is 51.9 Å². The standard InChI is InChI=1S/C11H20N4OS/c1-2-3-4-5-6-7-8-9(16)13-11-15-14-10(12)17-11/h2-8H2,1H3,(H2,12,14)(H,13,15,16). The molecule has 0 unspecified atom stereocenters. The SMILES string of the molecule is CCCCCCCCC(=O)Nc1nnc(N)s1. The fourth-order valence-corrected chi connectivity index (χ4v) is 2.06. The van der Waals surface area contributed by atoms with Crippen molar-refractivity contribution in [3.8, 4) is 0 Å². The van der Waals surface area contributed by atoms with Crippen molar-refractivity contribution in [3.63, 3.8) is 0 Å². The highest BCUT2D eigenvalue weighted by Crippen LogP contribution is 2.16. The number of aromatic nitrogens is 2. The summed E-state index contributed by atoms with van der Waals surface area (Å²) in [6.45, 7) is 2.20. The number of unbranched alkanes of at least 4 members (excludes halogenated alkanes) is 5. The molecule has 96 valence electrons. The first-order valence-corrected chi connectivity index (χ1v) is 6.93. The zero-order valence-corrected chi connectivity index (χ0v) is 11.1. The van der Waals surface area contributed by atoms with E-state index in [9.17, 15) is 4.79 Å². The lowest BCUT2D eigenvalue weighted by Crippen LogP contribution is -2.10. The third kappa shape index (κ3) is 6.21. The van der Waals surface area contributed by atoms with Gasteiger partial charge in [-0.15, -0.1) is 10.2 Å². The Hall–Kier alpha value is -1.17. The number of amides is 1. The van der Waals surface area contributed by atoms with Gasteiger partial charge in [-0.1, -0.05) is 50.4 Å². The molecule has 5 nitrogen and oxygen atoms in total. The zero-order valence-electron chi connectivity index (χ0n) is 10.2. The minimum Gasteiger partial charge on any atom is -0.374 e. The summed E-state index contributed by atoms with van der Waals surface area (Å²) < 4.78 is 0. The quantitative estimate of drug-likeness (QED) is 0.701. The van der Waals surface area contributed by atoms with Crippen molar-refractivity contribution in [1.82, 2.24) is 10.2 Å². The molecule has 0 bridgehead atoms. The molecule has 0 aliphatic heterocycles. The third-order valence-corrected chi connectivity index (χ3v) is 3.11. The van der Waals surface area contributed by atoms with Crippen LogP contribution in [0.4, 0.5) is 10.3 Å². The molecule has 1 heterocycles. The fourth-order valence-electron chi connectivity index (χ4n) is 1.53. The largest absolute Gasteiger partial charge is 0.374 e. The molecule has 0 fully saturated rings. The first-order chi connectivity index (χ1) is 8.22. The van der Waals surface area contributed by atoms with Crippen LogP contribution in [0.2, 0.25) is 0 Å². The summed E-state index contributed by atoms with van der Waals surface area (Å²) in [6.07, 6.45) is 7.62. The van der Waals surface area contributed by atoms with Crippen LogP contribution in [0.5, 0.6) is 0 Å². The molecule has 0 atom stereocenters. The number of hydrogen-bond acceptors (Lipinski definition) is 5. The predicted octanol–water partition coefficient (Wildman–Crippen LogP) is 2.81. The zero-order chi connectivity index (χ0) is 12.5. The van der Waals surface area contributed by atoms with E-state index in [4.69, 9.17) is 5.73 Å². The Kier molecular flexibility index (Phi) is 6.54. The van der Waals surface area contributed by atoms with Gasteiger partial charge in [0, 0.05) is 6.42 Å². The van der Waals surface area contributed by atoms with Crippen molar-refractivity contribution >= 4 is 27.5 Å². The van der Waals surface area contributed by atoms with Crippen LogP contribution in [0.1, 0.15) is 51.9 Å². The molecule has 0 spiro atoms. The molecule has 0 aromatic carbocycles. The molecule has 0 aliphatic carbocycles. The van der Waals surface area contributed by atoms with Gasteiger partial charge in [0.05, 0.1) is 0 Å². The number of nitrogen functional groups attached to an aromatic ring is 1. The maximum atomic E-state index is 11.5. The Morgan fingerprint density at radius 2 is 1.94 bits per heavy atom. The van der Waals surface area contributed by atoms with Crippen molar-refractivity contribution in [3.05, 3.63) is 0 Å². The van der Waals surface area contributed by atoms with Gasteiger partial charge in [-0.2, -0.15) is 0 Å². The molecule has 0 saturated carbocycles. The van der Waals surface area contributed by atoms with Crippen molar-refractivity contribution < 1.29 is 4.79 Å². The molecule has 0 aliphatic rings. The number of carbonyl (C=O) groups excluding carboxylic acids is 1. The first kappa shape index (κ1) is 13.9. The number of anilines is 2. The van der Waals surface area contributed by atoms with E-state index in [1.807, 2.05) is 0 Å². The third-order valence-electron chi connectivity index (χ3n) is 2.44. The molecule has 1 aromatic heterocycles. The smallest absolute Gasteiger partial charge is 0.226 e. The van der Waals surface area contributed by atoms with E-state index in [1.54, 1.807) is 0 Å². The van der Waals surface area contributed by atoms with Gasteiger partial charge in [0.15, 0.2) is 0 Å². The molecule has 0 saturated heterocycles. The number of nitrogens with two attached hydrogens (primary N) is 1. The van der Waals surface area contributed by atoms with Gasteiger partial charge in [-0.05, 0) is 6.42 Å². The molecule has 0 radical (unpaired) electrons. The van der Waals surface area contributed by atoms with Crippen molar-refractivity contribution in [2.24, 2.45) is 0 Å². The topological polar surface area (TPSA) is 80.9 Å². The molecule has 3 N–H and O–H groups in total. The van der Waals surface area contributed by atoms with Gasteiger partial charge in [0.25, 0.3) is 0 Å². The van der Waals surface area contributed by atoms with Gasteiger partial charge in [-0.3, -0.25) is 4.79 Å². The van der Waals surface area contributed by atoms with Gasteiger partial charge in [-0.25, -0.2) is 0 Å². The second-order valence-electron chi connectivity index (χ2n) is 4.01. The highest BCUT2D eigenvalue weighted by molar-refractivity contribution is 7.18. The van der Waals surface area contributed by atoms with Gasteiger partial charge >= 0.3 is 0 Å². The Bertz CT molecular complexity index is 340. The van der Waals surface area contributed by atoms with Crippen LogP contribution in [0.25, 0.3) is 0 Å². The van der Waals surface area contributed by atoms with E-state index >= 15 is 0 Å². The molecular formula is C11H20N4OS. The second kappa shape index (κ2) is 8.00. The Balaban J connectivity index is 2.05. The first-order valence-electron chi connectivity index (χ1n) is 6.11. The van der Waals surface area contributed by atoms with Crippen LogP contribution in [0.3, 0.4) is 0 Å². The number of hydrogen-bond donors (Lipinski definition) is 2. The average molecular weight is 256 g/mol. The molecule has 17 heavy (non-hydrogen) atoms. The molecular weight excluding hydrogens is 236 g/mol. The maximum Gasteiger partial charge on any atom is 0.226 e. The summed E-state index contributed by atoms with van der Waals surface area (Å²) in [5.41, 5.74) is 5.42. The molecule has 1 amide bonds. The normalized spacial score (nSPS) is 10.4. The predicted molar refractivity (Wildman–Crippen MR) is 70.9 cm³/mol. The second-order valence-corrected chi connectivity index (χ2v) is 5.02. The number of nitrogens with one attached hydrogen (secondary N) is 1. The van der Waals surface area contributed by atoms with Crippen LogP contribution in [-0.2, 0) is 4.79 Å². The van der Waals surface area contributed by atoms with E-state index < -0.39 is 0 Å². The van der Waals surface area contributed by atoms with Crippen LogP contribution < -0.4 is 11.1 Å². The summed E-state index contributed by atoms with van der Waals surface area (Å²) in [4.78, 5) is 11.5. The van der Waals surface area contributed by atoms with Crippen molar-refractivity contribution in [2.75, 3.05) is 11.1 Å². The van der Waals surface area contributed by atoms with Crippen molar-refractivity contribution in [1.29, 1.82) is 0 Å². The summed E-state index contributed by atoms with van der Waals surface area (Å²) in [5.74, 6) is -0.00311. The minimum atomic E-state index is -0.00311. The maximum absolute atomic E-state index is 11.5. The Labute approximate surface area is 106 Å². The summed E-state index contributed by atoms with van der Waals surface area (Å²) in [7, 11) is 0. The number of rotatable bonds is 8. The fraction of sp³-hybridized carbons (Fsp3) is 0.727. The van der Waals surface area contributed by atoms with E-state index in [2.05, 4.69) is 22.4 Å². The Morgan fingerprint density at radius 1 is 1.24 bits per heavy atom. The average Bonchev–Trinajstić information content (AvgIpc) is 2.69. The highest BCUT2D eigenvalue weighted by Gasteiger charge is 2.05. The lowest BCUT2D eigenvalue weighted by Gasteiger charge is -2.01. The van der Waals surface area contributed by atoms with Crippen LogP contribution in [0.15, 0.2) is 0 Å². The summed E-state index contributed by atoms with van der Waals surface area (Å²) >= 11 is 1.19. The lowest BCUT2D eigenvalue weighted by atomic mass is 10.1. The molecule has 1 rings (SSSR count). The van der Waals surface area contributed by atoms with Crippen LogP contribution in [-0.4, -0.2) is 16.1 Å². The highest BCUT2D eigenvalue weighted by atomic mass is 32.1. The van der Waals surface area contributed by atoms with E-state index in [-0.39, 0.29) is 5.91 Å². The van der Waals surface area contributed by atoms with Gasteiger partial charge in [0.2, 0.25) is 16.2 Å². The molecule has 1 aromatic rings. The summed E-state index contributed by atoms with van der Waals surface area (Å²) in [6, 6.07) is 0. The van der Waals surface area contributed by atoms with Crippen LogP contribution in [0, 0.1) is 0 Å². The lowest BCUT2D eigenvalue weighted by molar-refractivity contribution is -0.116. The van der Waals surface area contributed by atoms with Gasteiger partial charge < -0.3 is 11.1 Å². The van der Waals surface area contributed by atoms with E-state index in [1.165, 1.54) is 37.0 Å². The number of carbonyl (C=O) groups is 1. The monoisotopic (exact) mass is 256 g/mol.